The number of carbonyl (C=O) groups excluding carboxylic acids is 1. The first kappa shape index (κ1) is 32.5. The van der Waals surface area contributed by atoms with Crippen LogP contribution < -0.4 is 26.8 Å². The fourth-order valence-corrected chi connectivity index (χ4v) is 6.74. The summed E-state index contributed by atoms with van der Waals surface area (Å²) in [6.45, 7) is 3.66. The van der Waals surface area contributed by atoms with Gasteiger partial charge in [-0.15, -0.1) is 11.3 Å². The van der Waals surface area contributed by atoms with Crippen molar-refractivity contribution in [1.82, 2.24) is 25.3 Å². The van der Waals surface area contributed by atoms with E-state index in [0.717, 1.165) is 26.2 Å². The predicted molar refractivity (Wildman–Crippen MR) is 170 cm³/mol. The van der Waals surface area contributed by atoms with Gasteiger partial charge in [0.05, 0.1) is 16.7 Å². The Labute approximate surface area is 255 Å². The van der Waals surface area contributed by atoms with Gasteiger partial charge in [-0.3, -0.25) is 15.1 Å². The number of hydrogen-bond donors (Lipinski definition) is 5. The van der Waals surface area contributed by atoms with Crippen LogP contribution in [0.2, 0.25) is 0 Å². The number of nitrogens with two attached hydrogens (primary N) is 2. The minimum atomic E-state index is -1.66. The average Bonchev–Trinajstić information content (AvgIpc) is 3.50. The number of allylic oxidation sites excluding steroid dienone is 2. The van der Waals surface area contributed by atoms with Crippen molar-refractivity contribution in [2.24, 2.45) is 16.6 Å². The number of nitrogen functional groups attached to an aromatic ring is 1. The molecule has 5 atom stereocenters. The number of nitrogens with one attached hydrogen (secondary N) is 3. The third-order valence-electron chi connectivity index (χ3n) is 6.87. The highest BCUT2D eigenvalue weighted by Crippen LogP contribution is 2.31. The number of benzene rings is 1. The molecule has 1 aromatic carbocycles. The van der Waals surface area contributed by atoms with Crippen LogP contribution in [0.1, 0.15) is 17.7 Å². The zero-order valence-corrected chi connectivity index (χ0v) is 25.2. The fraction of sp³-hybridized carbons (Fsp3) is 0.379. The Morgan fingerprint density at radius 3 is 2.88 bits per heavy atom. The molecule has 43 heavy (non-hydrogen) atoms. The average molecular weight is 631 g/mol. The summed E-state index contributed by atoms with van der Waals surface area (Å²) in [4.78, 5) is 28.3. The number of rotatable bonds is 15. The van der Waals surface area contributed by atoms with Crippen LogP contribution in [0.4, 0.5) is 14.6 Å². The number of aromatic nitrogens is 2. The number of aliphatic imine (C=N–C) groups is 1. The van der Waals surface area contributed by atoms with Crippen molar-refractivity contribution in [3.05, 3.63) is 65.8 Å². The third kappa shape index (κ3) is 8.80. The molecule has 3 aromatic rings. The number of amides is 1. The summed E-state index contributed by atoms with van der Waals surface area (Å²) in [5.41, 5.74) is 13.8. The standard InChI is InChI=1S/C29H36F2N8O2S2/c1-2-3-18(10-20(31)13-30)14-36-29(40)24-12-22(43(41)39-9-8-32)16-35-28(24)34-15-21-5-7-26(42-21)19-4-6-25-23(11-19)27(33)38-17-37-25/h2-7,11,16-17,20,22,24,28,34,39H,1,8-10,12-15,32H2,(H,36,40)(H2,33,37,38)/b18-3+/t20?,22-,24+,28?,43?/m1/s1. The molecule has 0 aliphatic carbocycles. The molecule has 0 radical (unpaired) electrons. The second-order valence-electron chi connectivity index (χ2n) is 9.98. The maximum absolute atomic E-state index is 13.7. The van der Waals surface area contributed by atoms with Gasteiger partial charge in [0, 0.05) is 54.0 Å². The van der Waals surface area contributed by atoms with Crippen molar-refractivity contribution in [1.29, 1.82) is 0 Å². The monoisotopic (exact) mass is 630 g/mol. The number of carbonyl (C=O) groups is 1. The second kappa shape index (κ2) is 15.9. The van der Waals surface area contributed by atoms with Gasteiger partial charge < -0.3 is 16.8 Å². The maximum atomic E-state index is 13.7. The zero-order chi connectivity index (χ0) is 30.8. The smallest absolute Gasteiger partial charge is 0.226 e. The van der Waals surface area contributed by atoms with Gasteiger partial charge in [-0.25, -0.2) is 27.7 Å². The van der Waals surface area contributed by atoms with Crippen molar-refractivity contribution >= 4 is 51.2 Å². The van der Waals surface area contributed by atoms with Gasteiger partial charge in [-0.1, -0.05) is 24.8 Å². The Bertz CT molecular complexity index is 1500. The predicted octanol–water partition coefficient (Wildman–Crippen LogP) is 2.95. The molecule has 7 N–H and O–H groups in total. The SMILES string of the molecule is C=C/C=C(/CNC(=O)[C@H]1C[C@@H](S(=O)NCCN)C=NC1NCc1ccc(-c2ccc3ncnc(N)c3c2)s1)CC(F)CF. The van der Waals surface area contributed by atoms with E-state index >= 15 is 0 Å². The molecule has 230 valence electrons. The first-order valence-corrected chi connectivity index (χ1v) is 15.8. The van der Waals surface area contributed by atoms with E-state index in [9.17, 15) is 17.8 Å². The topological polar surface area (TPSA) is 160 Å². The molecule has 0 spiro atoms. The van der Waals surface area contributed by atoms with Crippen molar-refractivity contribution < 1.29 is 17.8 Å². The molecule has 14 heteroatoms. The molecule has 4 rings (SSSR count). The lowest BCUT2D eigenvalue weighted by atomic mass is 9.96. The number of halogens is 2. The van der Waals surface area contributed by atoms with E-state index in [2.05, 4.69) is 36.9 Å². The minimum Gasteiger partial charge on any atom is -0.383 e. The Kier molecular flexibility index (Phi) is 12.0. The Hall–Kier alpha value is -3.43. The molecule has 1 amide bonds. The number of nitrogens with zero attached hydrogens (tertiary/aromatic N) is 3. The van der Waals surface area contributed by atoms with Crippen LogP contribution in [0.25, 0.3) is 21.3 Å². The van der Waals surface area contributed by atoms with E-state index < -0.39 is 41.2 Å². The first-order chi connectivity index (χ1) is 20.8. The highest BCUT2D eigenvalue weighted by atomic mass is 32.2. The summed E-state index contributed by atoms with van der Waals surface area (Å²) in [6, 6.07) is 9.87. The molecule has 3 unspecified atom stereocenters. The largest absolute Gasteiger partial charge is 0.383 e. The van der Waals surface area contributed by atoms with Crippen LogP contribution in [0.15, 0.2) is 66.0 Å². The molecule has 0 saturated carbocycles. The lowest BCUT2D eigenvalue weighted by molar-refractivity contribution is -0.126. The first-order valence-electron chi connectivity index (χ1n) is 13.8. The van der Waals surface area contributed by atoms with Gasteiger partial charge in [0.15, 0.2) is 0 Å². The van der Waals surface area contributed by atoms with Gasteiger partial charge in [-0.05, 0) is 41.8 Å². The molecule has 2 aromatic heterocycles. The molecule has 0 bridgehead atoms. The molecular formula is C29H36F2N8O2S2. The van der Waals surface area contributed by atoms with Crippen molar-refractivity contribution in [2.45, 2.75) is 37.0 Å². The Morgan fingerprint density at radius 2 is 2.12 bits per heavy atom. The molecular weight excluding hydrogens is 595 g/mol. The van der Waals surface area contributed by atoms with Crippen LogP contribution in [-0.2, 0) is 22.3 Å². The van der Waals surface area contributed by atoms with E-state index in [-0.39, 0.29) is 25.3 Å². The summed E-state index contributed by atoms with van der Waals surface area (Å²) in [5.74, 6) is -0.571. The van der Waals surface area contributed by atoms with E-state index in [1.165, 1.54) is 12.4 Å². The van der Waals surface area contributed by atoms with E-state index in [1.54, 1.807) is 23.6 Å². The number of fused-ring (bicyclic) bond motifs is 1. The van der Waals surface area contributed by atoms with Crippen LogP contribution in [0.3, 0.4) is 0 Å². The van der Waals surface area contributed by atoms with Gasteiger partial charge in [0.1, 0.15) is 42.1 Å². The zero-order valence-electron chi connectivity index (χ0n) is 23.5. The summed E-state index contributed by atoms with van der Waals surface area (Å²) in [6.07, 6.45) is 3.96. The van der Waals surface area contributed by atoms with Gasteiger partial charge >= 0.3 is 0 Å². The van der Waals surface area contributed by atoms with Crippen LogP contribution in [0, 0.1) is 5.92 Å². The Morgan fingerprint density at radius 1 is 1.28 bits per heavy atom. The normalized spacial score (nSPS) is 20.2. The van der Waals surface area contributed by atoms with E-state index in [0.29, 0.717) is 31.0 Å². The lowest BCUT2D eigenvalue weighted by Crippen LogP contribution is -2.49. The fourth-order valence-electron chi connectivity index (χ4n) is 4.69. The lowest BCUT2D eigenvalue weighted by Gasteiger charge is -2.30. The number of anilines is 1. The van der Waals surface area contributed by atoms with Crippen molar-refractivity contribution in [3.63, 3.8) is 0 Å². The van der Waals surface area contributed by atoms with Crippen LogP contribution in [-0.4, -0.2) is 70.2 Å². The van der Waals surface area contributed by atoms with E-state index in [4.69, 9.17) is 11.5 Å². The number of hydrogen-bond acceptors (Lipinski definition) is 9. The molecule has 1 aliphatic heterocycles. The summed E-state index contributed by atoms with van der Waals surface area (Å²) in [7, 11) is -1.47. The van der Waals surface area contributed by atoms with E-state index in [1.807, 2.05) is 30.3 Å². The van der Waals surface area contributed by atoms with Crippen molar-refractivity contribution in [3.8, 4) is 10.4 Å². The molecule has 0 fully saturated rings. The summed E-state index contributed by atoms with van der Waals surface area (Å²) in [5, 5.41) is 6.47. The van der Waals surface area contributed by atoms with Gasteiger partial charge in [-0.2, -0.15) is 0 Å². The van der Waals surface area contributed by atoms with Crippen LogP contribution in [0.5, 0.6) is 0 Å². The third-order valence-corrected chi connectivity index (χ3v) is 9.36. The maximum Gasteiger partial charge on any atom is 0.226 e. The van der Waals surface area contributed by atoms with Gasteiger partial charge in [0.2, 0.25) is 5.91 Å². The quantitative estimate of drug-likeness (QED) is 0.161. The molecule has 1 aliphatic rings. The molecule has 10 nitrogen and oxygen atoms in total. The molecule has 0 saturated heterocycles. The number of thiophene rings is 1. The van der Waals surface area contributed by atoms with Gasteiger partial charge in [0.25, 0.3) is 0 Å². The highest BCUT2D eigenvalue weighted by Gasteiger charge is 2.35. The molecule has 3 heterocycles. The summed E-state index contributed by atoms with van der Waals surface area (Å²) < 4.78 is 42.0. The van der Waals surface area contributed by atoms with Crippen LogP contribution >= 0.6 is 11.3 Å². The summed E-state index contributed by atoms with van der Waals surface area (Å²) >= 11 is 1.59. The Balaban J connectivity index is 1.46. The number of alkyl halides is 2. The minimum absolute atomic E-state index is 0.0347. The highest BCUT2D eigenvalue weighted by molar-refractivity contribution is 7.84. The second-order valence-corrected chi connectivity index (χ2v) is 12.6. The van der Waals surface area contributed by atoms with Crippen molar-refractivity contribution in [2.75, 3.05) is 32.0 Å².